The Balaban J connectivity index is 2.45. The molecule has 0 amide bonds. The maximum Gasteiger partial charge on any atom is 0.154 e. The fraction of sp³-hybridized carbons (Fsp3) is 0.417. The highest BCUT2D eigenvalue weighted by Gasteiger charge is 2.01. The minimum Gasteiger partial charge on any atom is -0.382 e. The number of hydrogen-bond donors (Lipinski definition) is 1. The van der Waals surface area contributed by atoms with Crippen molar-refractivity contribution in [1.29, 1.82) is 0 Å². The van der Waals surface area contributed by atoms with E-state index in [0.717, 1.165) is 16.3 Å². The first kappa shape index (κ1) is 14.4. The highest BCUT2D eigenvalue weighted by Crippen LogP contribution is 2.16. The average molecular weight is 273 g/mol. The zero-order valence-corrected chi connectivity index (χ0v) is 11.6. The number of halogens is 1. The van der Waals surface area contributed by atoms with E-state index in [1.807, 2.05) is 31.2 Å². The number of methoxy groups -OCH3 is 1. The molecule has 94 valence electrons. The van der Waals surface area contributed by atoms with Gasteiger partial charge in [-0.2, -0.15) is 0 Å². The molecule has 0 aromatic heterocycles. The van der Waals surface area contributed by atoms with Crippen molar-refractivity contribution in [1.82, 2.24) is 0 Å². The molecule has 1 aromatic carbocycles. The summed E-state index contributed by atoms with van der Waals surface area (Å²) >= 11 is 7.40. The van der Waals surface area contributed by atoms with E-state index in [9.17, 15) is 0 Å². The SMILES string of the molecule is COC[C@@H](C)N=C(N)SCc1cccc(Cl)c1. The van der Waals surface area contributed by atoms with Crippen LogP contribution in [0.15, 0.2) is 29.3 Å². The second-order valence-electron chi connectivity index (χ2n) is 3.69. The lowest BCUT2D eigenvalue weighted by molar-refractivity contribution is 0.186. The number of thioether (sulfide) groups is 1. The smallest absolute Gasteiger partial charge is 0.154 e. The van der Waals surface area contributed by atoms with Gasteiger partial charge in [-0.15, -0.1) is 0 Å². The lowest BCUT2D eigenvalue weighted by atomic mass is 10.2. The molecule has 0 fully saturated rings. The molecule has 0 heterocycles. The monoisotopic (exact) mass is 272 g/mol. The lowest BCUT2D eigenvalue weighted by Gasteiger charge is -2.06. The normalized spacial score (nSPS) is 13.7. The van der Waals surface area contributed by atoms with Crippen LogP contribution in [0.3, 0.4) is 0 Å². The predicted octanol–water partition coefficient (Wildman–Crippen LogP) is 2.92. The molecule has 0 aliphatic carbocycles. The van der Waals surface area contributed by atoms with E-state index in [0.29, 0.717) is 11.8 Å². The average Bonchev–Trinajstić information content (AvgIpc) is 2.27. The summed E-state index contributed by atoms with van der Waals surface area (Å²) in [6.45, 7) is 2.55. The second-order valence-corrected chi connectivity index (χ2v) is 5.12. The quantitative estimate of drug-likeness (QED) is 0.662. The molecule has 0 unspecified atom stereocenters. The van der Waals surface area contributed by atoms with E-state index in [2.05, 4.69) is 4.99 Å². The van der Waals surface area contributed by atoms with Gasteiger partial charge in [0.25, 0.3) is 0 Å². The van der Waals surface area contributed by atoms with Gasteiger partial charge >= 0.3 is 0 Å². The van der Waals surface area contributed by atoms with Crippen molar-refractivity contribution in [2.75, 3.05) is 13.7 Å². The first-order valence-corrected chi connectivity index (χ1v) is 6.67. The minimum atomic E-state index is 0.0897. The van der Waals surface area contributed by atoms with Gasteiger partial charge in [0.1, 0.15) is 0 Å². The molecule has 0 bridgehead atoms. The molecule has 1 atom stereocenters. The van der Waals surface area contributed by atoms with E-state index >= 15 is 0 Å². The van der Waals surface area contributed by atoms with Crippen molar-refractivity contribution in [2.24, 2.45) is 10.7 Å². The Hall–Kier alpha value is -0.710. The summed E-state index contributed by atoms with van der Waals surface area (Å²) in [7, 11) is 1.65. The summed E-state index contributed by atoms with van der Waals surface area (Å²) in [6, 6.07) is 7.82. The molecule has 0 aliphatic rings. The number of rotatable bonds is 5. The molecular weight excluding hydrogens is 256 g/mol. The van der Waals surface area contributed by atoms with Crippen molar-refractivity contribution in [3.63, 3.8) is 0 Å². The molecule has 5 heteroatoms. The molecule has 0 saturated heterocycles. The zero-order valence-electron chi connectivity index (χ0n) is 10.0. The Kier molecular flexibility index (Phi) is 6.40. The summed E-state index contributed by atoms with van der Waals surface area (Å²) in [5, 5.41) is 1.32. The third kappa shape index (κ3) is 5.96. The van der Waals surface area contributed by atoms with Crippen LogP contribution in [0, 0.1) is 0 Å². The number of ether oxygens (including phenoxy) is 1. The lowest BCUT2D eigenvalue weighted by Crippen LogP contribution is -2.15. The highest BCUT2D eigenvalue weighted by atomic mass is 35.5. The van der Waals surface area contributed by atoms with Crippen molar-refractivity contribution in [3.05, 3.63) is 34.9 Å². The Morgan fingerprint density at radius 2 is 2.35 bits per heavy atom. The highest BCUT2D eigenvalue weighted by molar-refractivity contribution is 8.13. The van der Waals surface area contributed by atoms with Gasteiger partial charge in [-0.1, -0.05) is 35.5 Å². The van der Waals surface area contributed by atoms with E-state index in [1.165, 1.54) is 11.8 Å². The third-order valence-corrected chi connectivity index (χ3v) is 3.15. The van der Waals surface area contributed by atoms with E-state index in [-0.39, 0.29) is 6.04 Å². The topological polar surface area (TPSA) is 47.6 Å². The van der Waals surface area contributed by atoms with Crippen LogP contribution < -0.4 is 5.73 Å². The molecule has 0 spiro atoms. The van der Waals surface area contributed by atoms with Gasteiger partial charge in [-0.3, -0.25) is 4.99 Å². The molecular formula is C12H17ClN2OS. The summed E-state index contributed by atoms with van der Waals surface area (Å²) in [5.74, 6) is 0.773. The van der Waals surface area contributed by atoms with Crippen molar-refractivity contribution in [2.45, 2.75) is 18.7 Å². The van der Waals surface area contributed by atoms with E-state index in [1.54, 1.807) is 7.11 Å². The predicted molar refractivity (Wildman–Crippen MR) is 75.7 cm³/mol. The minimum absolute atomic E-state index is 0.0897. The maximum absolute atomic E-state index is 5.90. The number of benzene rings is 1. The van der Waals surface area contributed by atoms with Crippen LogP contribution in [-0.4, -0.2) is 24.9 Å². The summed E-state index contributed by atoms with van der Waals surface area (Å²) in [5.41, 5.74) is 6.95. The second kappa shape index (κ2) is 7.58. The standard InChI is InChI=1S/C12H17ClN2OS/c1-9(7-16-2)15-12(14)17-8-10-4-3-5-11(13)6-10/h3-6,9H,7-8H2,1-2H3,(H2,14,15)/t9-/m1/s1. The van der Waals surface area contributed by atoms with Crippen LogP contribution >= 0.6 is 23.4 Å². The number of amidine groups is 1. The van der Waals surface area contributed by atoms with Crippen LogP contribution in [0.1, 0.15) is 12.5 Å². The van der Waals surface area contributed by atoms with Crippen LogP contribution in [0.25, 0.3) is 0 Å². The van der Waals surface area contributed by atoms with Gasteiger partial charge in [0.2, 0.25) is 0 Å². The van der Waals surface area contributed by atoms with Gasteiger partial charge in [0.05, 0.1) is 12.6 Å². The Morgan fingerprint density at radius 3 is 3.00 bits per heavy atom. The van der Waals surface area contributed by atoms with Crippen molar-refractivity contribution < 1.29 is 4.74 Å². The van der Waals surface area contributed by atoms with Gasteiger partial charge in [-0.05, 0) is 24.6 Å². The maximum atomic E-state index is 5.90. The van der Waals surface area contributed by atoms with Crippen LogP contribution in [0.2, 0.25) is 5.02 Å². The molecule has 0 saturated carbocycles. The Bertz CT molecular complexity index is 385. The third-order valence-electron chi connectivity index (χ3n) is 2.03. The van der Waals surface area contributed by atoms with E-state index in [4.69, 9.17) is 22.1 Å². The zero-order chi connectivity index (χ0) is 12.7. The van der Waals surface area contributed by atoms with E-state index < -0.39 is 0 Å². The van der Waals surface area contributed by atoms with Crippen LogP contribution in [0.5, 0.6) is 0 Å². The molecule has 0 aliphatic heterocycles. The van der Waals surface area contributed by atoms with Gasteiger partial charge < -0.3 is 10.5 Å². The number of nitrogens with two attached hydrogens (primary N) is 1. The molecule has 3 nitrogen and oxygen atoms in total. The Morgan fingerprint density at radius 1 is 1.59 bits per heavy atom. The largest absolute Gasteiger partial charge is 0.382 e. The van der Waals surface area contributed by atoms with Crippen molar-refractivity contribution in [3.8, 4) is 0 Å². The molecule has 2 N–H and O–H groups in total. The summed E-state index contributed by atoms with van der Waals surface area (Å²) in [6.07, 6.45) is 0. The number of hydrogen-bond acceptors (Lipinski definition) is 3. The number of nitrogens with zero attached hydrogens (tertiary/aromatic N) is 1. The van der Waals surface area contributed by atoms with Gasteiger partial charge in [0, 0.05) is 17.9 Å². The first-order chi connectivity index (χ1) is 8.11. The fourth-order valence-electron chi connectivity index (χ4n) is 1.32. The summed E-state index contributed by atoms with van der Waals surface area (Å²) < 4.78 is 4.99. The summed E-state index contributed by atoms with van der Waals surface area (Å²) in [4.78, 5) is 4.30. The molecule has 17 heavy (non-hydrogen) atoms. The van der Waals surface area contributed by atoms with Crippen molar-refractivity contribution >= 4 is 28.5 Å². The van der Waals surface area contributed by atoms with Gasteiger partial charge in [-0.25, -0.2) is 0 Å². The van der Waals surface area contributed by atoms with Crippen LogP contribution in [-0.2, 0) is 10.5 Å². The Labute approximate surface area is 111 Å². The van der Waals surface area contributed by atoms with Crippen LogP contribution in [0.4, 0.5) is 0 Å². The number of aliphatic imine (C=N–C) groups is 1. The van der Waals surface area contributed by atoms with Gasteiger partial charge in [0.15, 0.2) is 5.17 Å². The fourth-order valence-corrected chi connectivity index (χ4v) is 2.28. The first-order valence-electron chi connectivity index (χ1n) is 5.31. The molecule has 1 rings (SSSR count). The molecule has 1 aromatic rings. The molecule has 0 radical (unpaired) electrons.